The molecule has 0 amide bonds. The predicted octanol–water partition coefficient (Wildman–Crippen LogP) is 1.11. The maximum Gasteiger partial charge on any atom is 0.230 e. The van der Waals surface area contributed by atoms with E-state index >= 15 is 0 Å². The van der Waals surface area contributed by atoms with Crippen LogP contribution in [0.1, 0.15) is 37.5 Å². The van der Waals surface area contributed by atoms with Crippen LogP contribution in [0.25, 0.3) is 0 Å². The summed E-state index contributed by atoms with van der Waals surface area (Å²) < 4.78 is 5.31. The molecule has 1 aliphatic carbocycles. The molecule has 5 heteroatoms. The van der Waals surface area contributed by atoms with Crippen molar-refractivity contribution in [1.29, 1.82) is 0 Å². The van der Waals surface area contributed by atoms with Gasteiger partial charge in [-0.2, -0.15) is 0 Å². The van der Waals surface area contributed by atoms with Gasteiger partial charge in [-0.1, -0.05) is 12.8 Å². The highest BCUT2D eigenvalue weighted by Crippen LogP contribution is 2.30. The second kappa shape index (κ2) is 4.51. The molecule has 1 N–H and O–H groups in total. The first kappa shape index (κ1) is 11.5. The van der Waals surface area contributed by atoms with Gasteiger partial charge in [-0.05, 0) is 19.9 Å². The zero-order valence-electron chi connectivity index (χ0n) is 9.94. The van der Waals surface area contributed by atoms with E-state index in [9.17, 15) is 5.11 Å². The zero-order chi connectivity index (χ0) is 11.6. The van der Waals surface area contributed by atoms with Crippen LogP contribution in [0.15, 0.2) is 4.42 Å². The summed E-state index contributed by atoms with van der Waals surface area (Å²) in [6.45, 7) is 3.05. The molecule has 90 valence electrons. The smallest absolute Gasteiger partial charge is 0.230 e. The van der Waals surface area contributed by atoms with Crippen LogP contribution in [0.3, 0.4) is 0 Å². The SMILES string of the molecule is Cc1nnc(CN(C)CC2(O)CCCC2)o1. The predicted molar refractivity (Wildman–Crippen MR) is 58.8 cm³/mol. The molecule has 0 spiro atoms. The van der Waals surface area contributed by atoms with Crippen LogP contribution in [-0.2, 0) is 6.54 Å². The third-order valence-electron chi connectivity index (χ3n) is 3.07. The maximum absolute atomic E-state index is 10.2. The number of nitrogens with zero attached hydrogens (tertiary/aromatic N) is 3. The van der Waals surface area contributed by atoms with Gasteiger partial charge in [0, 0.05) is 13.5 Å². The molecule has 1 aromatic rings. The van der Waals surface area contributed by atoms with Gasteiger partial charge in [-0.25, -0.2) is 0 Å². The molecule has 0 unspecified atom stereocenters. The monoisotopic (exact) mass is 225 g/mol. The lowest BCUT2D eigenvalue weighted by molar-refractivity contribution is 0.0127. The minimum atomic E-state index is -0.510. The number of aryl methyl sites for hydroxylation is 1. The van der Waals surface area contributed by atoms with Crippen molar-refractivity contribution in [1.82, 2.24) is 15.1 Å². The average molecular weight is 225 g/mol. The van der Waals surface area contributed by atoms with E-state index in [0.717, 1.165) is 25.7 Å². The van der Waals surface area contributed by atoms with Crippen LogP contribution < -0.4 is 0 Å². The maximum atomic E-state index is 10.2. The number of hydrogen-bond acceptors (Lipinski definition) is 5. The van der Waals surface area contributed by atoms with Gasteiger partial charge in [-0.15, -0.1) is 10.2 Å². The lowest BCUT2D eigenvalue weighted by Crippen LogP contribution is -2.38. The highest BCUT2D eigenvalue weighted by atomic mass is 16.4. The Hall–Kier alpha value is -0.940. The van der Waals surface area contributed by atoms with Crippen molar-refractivity contribution in [3.05, 3.63) is 11.8 Å². The molecule has 5 nitrogen and oxygen atoms in total. The third kappa shape index (κ3) is 2.80. The van der Waals surface area contributed by atoms with E-state index in [1.807, 2.05) is 11.9 Å². The molecule has 1 heterocycles. The first-order valence-electron chi connectivity index (χ1n) is 5.77. The molecule has 16 heavy (non-hydrogen) atoms. The summed E-state index contributed by atoms with van der Waals surface area (Å²) in [4.78, 5) is 2.04. The molecule has 0 bridgehead atoms. The Morgan fingerprint density at radius 2 is 2.06 bits per heavy atom. The summed E-state index contributed by atoms with van der Waals surface area (Å²) in [6.07, 6.45) is 4.06. The Labute approximate surface area is 95.5 Å². The number of rotatable bonds is 4. The normalized spacial score (nSPS) is 19.5. The fraction of sp³-hybridized carbons (Fsp3) is 0.818. The van der Waals surface area contributed by atoms with Crippen molar-refractivity contribution < 1.29 is 9.52 Å². The van der Waals surface area contributed by atoms with Gasteiger partial charge in [0.05, 0.1) is 12.1 Å². The fourth-order valence-corrected chi connectivity index (χ4v) is 2.38. The number of aliphatic hydroxyl groups is 1. The van der Waals surface area contributed by atoms with Crippen molar-refractivity contribution in [3.8, 4) is 0 Å². The van der Waals surface area contributed by atoms with E-state index in [0.29, 0.717) is 24.9 Å². The summed E-state index contributed by atoms with van der Waals surface area (Å²) in [6, 6.07) is 0. The van der Waals surface area contributed by atoms with E-state index in [1.54, 1.807) is 6.92 Å². The van der Waals surface area contributed by atoms with Gasteiger partial charge in [0.1, 0.15) is 0 Å². The minimum Gasteiger partial charge on any atom is -0.424 e. The molecule has 0 radical (unpaired) electrons. The van der Waals surface area contributed by atoms with E-state index in [-0.39, 0.29) is 0 Å². The molecule has 0 aromatic carbocycles. The number of likely N-dealkylation sites (N-methyl/N-ethyl adjacent to an activating group) is 1. The lowest BCUT2D eigenvalue weighted by atomic mass is 10.0. The first-order valence-corrected chi connectivity index (χ1v) is 5.77. The Bertz CT molecular complexity index is 345. The Balaban J connectivity index is 1.86. The number of hydrogen-bond donors (Lipinski definition) is 1. The Morgan fingerprint density at radius 1 is 1.38 bits per heavy atom. The summed E-state index contributed by atoms with van der Waals surface area (Å²) >= 11 is 0. The first-order chi connectivity index (χ1) is 7.57. The highest BCUT2D eigenvalue weighted by Gasteiger charge is 2.32. The van der Waals surface area contributed by atoms with Crippen molar-refractivity contribution in [2.45, 2.75) is 44.8 Å². The van der Waals surface area contributed by atoms with E-state index < -0.39 is 5.60 Å². The highest BCUT2D eigenvalue weighted by molar-refractivity contribution is 4.88. The average Bonchev–Trinajstić information content (AvgIpc) is 2.75. The van der Waals surface area contributed by atoms with Crippen LogP contribution in [0, 0.1) is 6.92 Å². The van der Waals surface area contributed by atoms with Crippen molar-refractivity contribution in [2.24, 2.45) is 0 Å². The van der Waals surface area contributed by atoms with E-state index in [2.05, 4.69) is 10.2 Å². The van der Waals surface area contributed by atoms with Gasteiger partial charge in [0.25, 0.3) is 0 Å². The molecule has 0 atom stereocenters. The zero-order valence-corrected chi connectivity index (χ0v) is 9.94. The quantitative estimate of drug-likeness (QED) is 0.831. The van der Waals surface area contributed by atoms with Crippen molar-refractivity contribution in [2.75, 3.05) is 13.6 Å². The molecule has 1 aromatic heterocycles. The van der Waals surface area contributed by atoms with Gasteiger partial charge in [0.15, 0.2) is 0 Å². The van der Waals surface area contributed by atoms with Crippen LogP contribution in [-0.4, -0.2) is 39.4 Å². The molecule has 2 rings (SSSR count). The third-order valence-corrected chi connectivity index (χ3v) is 3.07. The summed E-state index contributed by atoms with van der Waals surface area (Å²) in [5, 5.41) is 18.0. The van der Waals surface area contributed by atoms with Crippen LogP contribution >= 0.6 is 0 Å². The second-order valence-corrected chi connectivity index (χ2v) is 4.82. The lowest BCUT2D eigenvalue weighted by Gasteiger charge is -2.27. The van der Waals surface area contributed by atoms with Gasteiger partial charge < -0.3 is 9.52 Å². The van der Waals surface area contributed by atoms with Crippen molar-refractivity contribution in [3.63, 3.8) is 0 Å². The molecule has 0 aliphatic heterocycles. The molecule has 1 saturated carbocycles. The van der Waals surface area contributed by atoms with Crippen molar-refractivity contribution >= 4 is 0 Å². The van der Waals surface area contributed by atoms with Gasteiger partial charge in [-0.3, -0.25) is 4.90 Å². The summed E-state index contributed by atoms with van der Waals surface area (Å²) in [7, 11) is 1.97. The fourth-order valence-electron chi connectivity index (χ4n) is 2.38. The minimum absolute atomic E-state index is 0.510. The standard InChI is InChI=1S/C11H19N3O2/c1-9-12-13-10(16-9)7-14(2)8-11(15)5-3-4-6-11/h15H,3-8H2,1-2H3. The number of aromatic nitrogens is 2. The largest absolute Gasteiger partial charge is 0.424 e. The molecular weight excluding hydrogens is 206 g/mol. The molecule has 1 fully saturated rings. The summed E-state index contributed by atoms with van der Waals surface area (Å²) in [5.74, 6) is 1.20. The Kier molecular flexibility index (Phi) is 3.25. The molecular formula is C11H19N3O2. The second-order valence-electron chi connectivity index (χ2n) is 4.82. The molecule has 0 saturated heterocycles. The topological polar surface area (TPSA) is 62.4 Å². The Morgan fingerprint density at radius 3 is 2.62 bits per heavy atom. The van der Waals surface area contributed by atoms with Crippen LogP contribution in [0.5, 0.6) is 0 Å². The van der Waals surface area contributed by atoms with E-state index in [4.69, 9.17) is 4.42 Å². The molecule has 1 aliphatic rings. The van der Waals surface area contributed by atoms with E-state index in [1.165, 1.54) is 0 Å². The summed E-state index contributed by atoms with van der Waals surface area (Å²) in [5.41, 5.74) is -0.510. The van der Waals surface area contributed by atoms with Crippen LogP contribution in [0.2, 0.25) is 0 Å². The van der Waals surface area contributed by atoms with Crippen LogP contribution in [0.4, 0.5) is 0 Å². The van der Waals surface area contributed by atoms with Gasteiger partial charge in [0.2, 0.25) is 11.8 Å². The van der Waals surface area contributed by atoms with Gasteiger partial charge >= 0.3 is 0 Å².